The molecule has 2 aromatic heterocycles. The molecule has 22 heteroatoms. The van der Waals surface area contributed by atoms with Crippen molar-refractivity contribution in [1.29, 1.82) is 0 Å². The third kappa shape index (κ3) is 10.9. The van der Waals surface area contributed by atoms with Gasteiger partial charge in [-0.25, -0.2) is 31.3 Å². The number of sulfonamides is 2. The summed E-state index contributed by atoms with van der Waals surface area (Å²) in [5.74, 6) is 1.43. The van der Waals surface area contributed by atoms with Gasteiger partial charge in [0.2, 0.25) is 25.9 Å². The predicted molar refractivity (Wildman–Crippen MR) is 256 cm³/mol. The SMILES string of the molecule is COc1ccc(CN(Cc2ccc(OC)cc2)S(=O)(=O)c2c(S(=O)(=O)N[C@H](CO)CN(C(=O)O)C(C)(C)C)ccc(-c3cccc4sc(N)nc34)c2-c2nnn(Cc3ccc(OC)cc3)n2)cc1. The molecule has 0 spiro atoms. The normalized spacial score (nSPS) is 12.6. The summed E-state index contributed by atoms with van der Waals surface area (Å²) >= 11 is 1.21. The van der Waals surface area contributed by atoms with Gasteiger partial charge in [0.15, 0.2) is 5.13 Å². The topological polar surface area (TPSA) is 255 Å². The van der Waals surface area contributed by atoms with Crippen LogP contribution in [-0.2, 0) is 39.7 Å². The van der Waals surface area contributed by atoms with E-state index in [1.165, 1.54) is 36.4 Å². The number of amides is 1. The number of carboxylic acid groups (broad SMARTS) is 1. The van der Waals surface area contributed by atoms with Gasteiger partial charge in [0.05, 0.1) is 56.3 Å². The largest absolute Gasteiger partial charge is 0.497 e. The zero-order chi connectivity index (χ0) is 49.0. The zero-order valence-corrected chi connectivity index (χ0v) is 40.5. The number of aliphatic hydroxyl groups excluding tert-OH is 1. The molecular formula is C46H51N9O10S3. The highest BCUT2D eigenvalue weighted by molar-refractivity contribution is 7.92. The van der Waals surface area contributed by atoms with Gasteiger partial charge < -0.3 is 35.1 Å². The van der Waals surface area contributed by atoms with Crippen molar-refractivity contribution in [2.45, 2.75) is 61.8 Å². The molecule has 0 saturated carbocycles. The molecular weight excluding hydrogens is 935 g/mol. The van der Waals surface area contributed by atoms with E-state index < -0.39 is 60.7 Å². The number of nitrogens with zero attached hydrogens (tertiary/aromatic N) is 7. The van der Waals surface area contributed by atoms with Crippen molar-refractivity contribution in [3.05, 3.63) is 120 Å². The van der Waals surface area contributed by atoms with E-state index in [0.29, 0.717) is 44.2 Å². The lowest BCUT2D eigenvalue weighted by Gasteiger charge is -2.35. The maximum Gasteiger partial charge on any atom is 0.407 e. The summed E-state index contributed by atoms with van der Waals surface area (Å²) in [6, 6.07) is 27.0. The highest BCUT2D eigenvalue weighted by Gasteiger charge is 2.39. The van der Waals surface area contributed by atoms with Gasteiger partial charge in [-0.05, 0) is 96.8 Å². The van der Waals surface area contributed by atoms with Crippen molar-refractivity contribution < 1.29 is 46.1 Å². The molecule has 0 radical (unpaired) electrons. The summed E-state index contributed by atoms with van der Waals surface area (Å²) < 4.78 is 82.7. The first-order valence-corrected chi connectivity index (χ1v) is 24.7. The molecule has 0 aliphatic carbocycles. The number of nitrogen functional groups attached to an aromatic ring is 1. The standard InChI is InChI=1S/C46H51N9O10S3/c1-46(2,3)54(45(57)58)27-32(28-56)51-67(59,60)39-23-22-36(37-8-7-9-38-41(37)48-44(47)66-38)40(43-49-52-55(50-43)26-31-14-20-35(65-6)21-15-31)42(39)68(61,62)53(24-29-10-16-33(63-4)17-11-29)25-30-12-18-34(64-5)19-13-30/h7-23,32,51,56H,24-28H2,1-6H3,(H2,47,48)(H,57,58)/t32-/m0/s1. The van der Waals surface area contributed by atoms with Gasteiger partial charge in [0.1, 0.15) is 27.0 Å². The Morgan fingerprint density at radius 2 is 1.37 bits per heavy atom. The molecule has 0 bridgehead atoms. The van der Waals surface area contributed by atoms with Crippen molar-refractivity contribution in [1.82, 2.24) is 39.1 Å². The van der Waals surface area contributed by atoms with Gasteiger partial charge >= 0.3 is 6.09 Å². The summed E-state index contributed by atoms with van der Waals surface area (Å²) in [4.78, 5) is 17.7. The van der Waals surface area contributed by atoms with Crippen LogP contribution in [0.15, 0.2) is 113 Å². The number of rotatable bonds is 19. The van der Waals surface area contributed by atoms with E-state index in [0.717, 1.165) is 20.8 Å². The molecule has 7 aromatic rings. The smallest absolute Gasteiger partial charge is 0.407 e. The van der Waals surface area contributed by atoms with Crippen molar-refractivity contribution in [3.63, 3.8) is 0 Å². The summed E-state index contributed by atoms with van der Waals surface area (Å²) in [7, 11) is -5.51. The minimum Gasteiger partial charge on any atom is -0.497 e. The number of anilines is 1. The summed E-state index contributed by atoms with van der Waals surface area (Å²) in [5.41, 5.74) is 7.76. The Morgan fingerprint density at radius 3 is 1.88 bits per heavy atom. The number of fused-ring (bicyclic) bond motifs is 1. The van der Waals surface area contributed by atoms with Crippen LogP contribution >= 0.6 is 11.3 Å². The van der Waals surface area contributed by atoms with Gasteiger partial charge in [-0.2, -0.15) is 9.10 Å². The minimum absolute atomic E-state index is 0.0826. The summed E-state index contributed by atoms with van der Waals surface area (Å²) in [6.45, 7) is 3.08. The molecule has 2 heterocycles. The second-order valence-corrected chi connectivity index (χ2v) is 21.2. The van der Waals surface area contributed by atoms with Gasteiger partial charge in [-0.1, -0.05) is 65.9 Å². The lowest BCUT2D eigenvalue weighted by molar-refractivity contribution is 0.0878. The van der Waals surface area contributed by atoms with E-state index >= 15 is 16.8 Å². The van der Waals surface area contributed by atoms with E-state index in [-0.39, 0.29) is 41.7 Å². The van der Waals surface area contributed by atoms with Gasteiger partial charge in [-0.15, -0.1) is 10.2 Å². The van der Waals surface area contributed by atoms with Crippen LogP contribution in [0.1, 0.15) is 37.5 Å². The lowest BCUT2D eigenvalue weighted by Crippen LogP contribution is -2.53. The fourth-order valence-corrected chi connectivity index (χ4v) is 11.9. The molecule has 19 nitrogen and oxygen atoms in total. The van der Waals surface area contributed by atoms with Crippen LogP contribution in [0, 0.1) is 0 Å². The van der Waals surface area contributed by atoms with Crippen molar-refractivity contribution in [2.75, 3.05) is 40.2 Å². The van der Waals surface area contributed by atoms with E-state index in [1.807, 2.05) is 0 Å². The molecule has 1 atom stereocenters. The van der Waals surface area contributed by atoms with E-state index in [2.05, 4.69) is 20.0 Å². The predicted octanol–water partition coefficient (Wildman–Crippen LogP) is 6.08. The van der Waals surface area contributed by atoms with Crippen LogP contribution in [0.4, 0.5) is 9.93 Å². The maximum absolute atomic E-state index is 16.1. The first-order valence-electron chi connectivity index (χ1n) is 21.0. The second-order valence-electron chi connectivity index (χ2n) is 16.5. The van der Waals surface area contributed by atoms with Crippen LogP contribution in [0.3, 0.4) is 0 Å². The quantitative estimate of drug-likeness (QED) is 0.0716. The Balaban J connectivity index is 1.51. The zero-order valence-electron chi connectivity index (χ0n) is 38.0. The van der Waals surface area contributed by atoms with Crippen molar-refractivity contribution in [3.8, 4) is 39.8 Å². The first kappa shape index (κ1) is 49.2. The molecule has 0 saturated heterocycles. The number of hydrogen-bond acceptors (Lipinski definition) is 15. The number of thiazole rings is 1. The van der Waals surface area contributed by atoms with E-state index in [4.69, 9.17) is 25.0 Å². The second kappa shape index (κ2) is 20.3. The maximum atomic E-state index is 16.1. The number of ether oxygens (including phenoxy) is 3. The molecule has 5 N–H and O–H groups in total. The molecule has 0 fully saturated rings. The molecule has 0 unspecified atom stereocenters. The third-order valence-electron chi connectivity index (χ3n) is 10.9. The number of hydrogen-bond donors (Lipinski definition) is 4. The number of tetrazole rings is 1. The summed E-state index contributed by atoms with van der Waals surface area (Å²) in [5, 5.41) is 34.3. The highest BCUT2D eigenvalue weighted by atomic mass is 32.2. The van der Waals surface area contributed by atoms with Crippen molar-refractivity contribution >= 4 is 52.8 Å². The Labute approximate surface area is 397 Å². The molecule has 0 aliphatic heterocycles. The summed E-state index contributed by atoms with van der Waals surface area (Å²) in [6.07, 6.45) is -1.36. The number of aromatic nitrogens is 5. The fraction of sp³-hybridized carbons (Fsp3) is 0.283. The van der Waals surface area contributed by atoms with E-state index in [1.54, 1.807) is 119 Å². The van der Waals surface area contributed by atoms with Crippen LogP contribution in [-0.4, -0.2) is 114 Å². The van der Waals surface area contributed by atoms with Gasteiger partial charge in [-0.3, -0.25) is 0 Å². The van der Waals surface area contributed by atoms with Gasteiger partial charge in [0.25, 0.3) is 0 Å². The average Bonchev–Trinajstić information content (AvgIpc) is 3.95. The Bertz CT molecular complexity index is 3070. The van der Waals surface area contributed by atoms with Crippen LogP contribution < -0.4 is 24.7 Å². The number of para-hydroxylation sites is 1. The number of nitrogens with one attached hydrogen (secondary N) is 1. The highest BCUT2D eigenvalue weighted by Crippen LogP contribution is 2.44. The molecule has 0 aliphatic rings. The Hall–Kier alpha value is -6.69. The third-order valence-corrected chi connectivity index (χ3v) is 15.3. The minimum atomic E-state index is -5.05. The molecule has 7 rings (SSSR count). The Morgan fingerprint density at radius 1 is 0.809 bits per heavy atom. The number of carbonyl (C=O) groups is 1. The van der Waals surface area contributed by atoms with Gasteiger partial charge in [0, 0.05) is 30.7 Å². The molecule has 68 heavy (non-hydrogen) atoms. The first-order chi connectivity index (χ1) is 32.3. The molecule has 1 amide bonds. The number of benzene rings is 5. The van der Waals surface area contributed by atoms with Crippen LogP contribution in [0.25, 0.3) is 32.7 Å². The fourth-order valence-electron chi connectivity index (χ4n) is 7.46. The van der Waals surface area contributed by atoms with Crippen molar-refractivity contribution in [2.24, 2.45) is 0 Å². The lowest BCUT2D eigenvalue weighted by atomic mass is 9.98. The molecule has 358 valence electrons. The van der Waals surface area contributed by atoms with Crippen LogP contribution in [0.5, 0.6) is 17.2 Å². The average molecular weight is 986 g/mol. The molecule has 5 aromatic carbocycles. The monoisotopic (exact) mass is 985 g/mol. The number of aliphatic hydroxyl groups is 1. The van der Waals surface area contributed by atoms with E-state index in [9.17, 15) is 15.0 Å². The number of methoxy groups -OCH3 is 3. The van der Waals surface area contributed by atoms with Crippen LogP contribution in [0.2, 0.25) is 0 Å². The Kier molecular flexibility index (Phi) is 14.7. The number of nitrogens with two attached hydrogens (primary N) is 1.